The number of aromatic nitrogens is 1. The van der Waals surface area contributed by atoms with E-state index in [0.29, 0.717) is 25.1 Å². The molecule has 1 unspecified atom stereocenters. The Balaban J connectivity index is 1.87. The summed E-state index contributed by atoms with van der Waals surface area (Å²) in [7, 11) is 0. The van der Waals surface area contributed by atoms with Gasteiger partial charge in [-0.3, -0.25) is 9.59 Å². The number of carbonyl (C=O) groups excluding carboxylic acids is 2. The van der Waals surface area contributed by atoms with Gasteiger partial charge in [0.2, 0.25) is 6.41 Å². The molecule has 0 spiro atoms. The van der Waals surface area contributed by atoms with Crippen molar-refractivity contribution in [2.45, 2.75) is 19.3 Å². The van der Waals surface area contributed by atoms with E-state index < -0.39 is 0 Å². The smallest absolute Gasteiger partial charge is 0.251 e. The zero-order valence-corrected chi connectivity index (χ0v) is 16.4. The molecule has 28 heavy (non-hydrogen) atoms. The Labute approximate surface area is 170 Å². The molecule has 0 saturated heterocycles. The molecule has 148 valence electrons. The van der Waals surface area contributed by atoms with Gasteiger partial charge in [-0.25, -0.2) is 4.98 Å². The second kappa shape index (κ2) is 11.8. The van der Waals surface area contributed by atoms with Gasteiger partial charge in [0.25, 0.3) is 5.91 Å². The van der Waals surface area contributed by atoms with E-state index in [2.05, 4.69) is 27.8 Å². The van der Waals surface area contributed by atoms with Gasteiger partial charge in [-0.1, -0.05) is 54.1 Å². The van der Waals surface area contributed by atoms with Crippen molar-refractivity contribution >= 4 is 35.8 Å². The molecular weight excluding hydrogens is 376 g/mol. The summed E-state index contributed by atoms with van der Waals surface area (Å²) in [6, 6.07) is 13.1. The molecule has 0 radical (unpaired) electrons. The van der Waals surface area contributed by atoms with Gasteiger partial charge in [0, 0.05) is 18.7 Å². The van der Waals surface area contributed by atoms with Gasteiger partial charge in [-0.05, 0) is 42.9 Å². The largest absolute Gasteiger partial charge is 0.384 e. The third-order valence-electron chi connectivity index (χ3n) is 4.26. The Morgan fingerprint density at radius 3 is 2.71 bits per heavy atom. The van der Waals surface area contributed by atoms with E-state index in [1.165, 1.54) is 12.1 Å². The van der Waals surface area contributed by atoms with Crippen molar-refractivity contribution in [3.05, 3.63) is 64.8 Å². The average molecular weight is 401 g/mol. The number of allylic oxidation sites excluding steroid dienone is 1. The Bertz CT molecular complexity index is 776. The average Bonchev–Trinajstić information content (AvgIpc) is 2.68. The number of carbonyl (C=O) groups is 2. The van der Waals surface area contributed by atoms with E-state index in [9.17, 15) is 9.59 Å². The maximum atomic E-state index is 12.4. The van der Waals surface area contributed by atoms with Crippen LogP contribution < -0.4 is 16.4 Å². The summed E-state index contributed by atoms with van der Waals surface area (Å²) < 4.78 is 0. The van der Waals surface area contributed by atoms with Crippen molar-refractivity contribution < 1.29 is 9.59 Å². The van der Waals surface area contributed by atoms with E-state index in [1.54, 1.807) is 0 Å². The molecule has 6 nitrogen and oxygen atoms in total. The molecule has 0 bridgehead atoms. The molecule has 4 N–H and O–H groups in total. The summed E-state index contributed by atoms with van der Waals surface area (Å²) >= 11 is 5.86. The van der Waals surface area contributed by atoms with Gasteiger partial charge in [-0.15, -0.1) is 0 Å². The van der Waals surface area contributed by atoms with Gasteiger partial charge >= 0.3 is 0 Å². The summed E-state index contributed by atoms with van der Waals surface area (Å²) in [5.74, 6) is 0.186. The molecule has 7 heteroatoms. The molecule has 1 aromatic carbocycles. The summed E-state index contributed by atoms with van der Waals surface area (Å²) in [5, 5.41) is 5.78. The van der Waals surface area contributed by atoms with Crippen LogP contribution in [0, 0.1) is 5.92 Å². The maximum absolute atomic E-state index is 12.4. The quantitative estimate of drug-likeness (QED) is 0.306. The van der Waals surface area contributed by atoms with Crippen LogP contribution in [0.4, 0.5) is 5.82 Å². The number of pyridine rings is 1. The Morgan fingerprint density at radius 2 is 2.00 bits per heavy atom. The predicted octanol–water partition coefficient (Wildman–Crippen LogP) is 3.29. The van der Waals surface area contributed by atoms with Crippen molar-refractivity contribution in [3.8, 4) is 0 Å². The van der Waals surface area contributed by atoms with E-state index in [-0.39, 0.29) is 22.8 Å². The SMILES string of the molecule is Nc1cc(C(=O)NCC(CC/C=C/c2ccccc2)CCNC=O)cc(Cl)n1. The molecule has 0 saturated carbocycles. The highest BCUT2D eigenvalue weighted by Crippen LogP contribution is 2.14. The van der Waals surface area contributed by atoms with E-state index >= 15 is 0 Å². The number of halogens is 1. The molecular formula is C21H25ClN4O2. The van der Waals surface area contributed by atoms with Gasteiger partial charge in [0.1, 0.15) is 11.0 Å². The molecule has 0 fully saturated rings. The highest BCUT2D eigenvalue weighted by Gasteiger charge is 2.12. The van der Waals surface area contributed by atoms with Gasteiger partial charge < -0.3 is 16.4 Å². The van der Waals surface area contributed by atoms with Crippen LogP contribution in [-0.2, 0) is 4.79 Å². The summed E-state index contributed by atoms with van der Waals surface area (Å²) in [5.41, 5.74) is 7.17. The van der Waals surface area contributed by atoms with Crippen molar-refractivity contribution in [2.75, 3.05) is 18.8 Å². The number of benzene rings is 1. The molecule has 1 atom stereocenters. The second-order valence-corrected chi connectivity index (χ2v) is 6.82. The van der Waals surface area contributed by atoms with Gasteiger partial charge in [-0.2, -0.15) is 0 Å². The van der Waals surface area contributed by atoms with Gasteiger partial charge in [0.05, 0.1) is 0 Å². The normalized spacial score (nSPS) is 11.9. The van der Waals surface area contributed by atoms with E-state index in [0.717, 1.165) is 24.8 Å². The van der Waals surface area contributed by atoms with E-state index in [1.807, 2.05) is 30.3 Å². The molecule has 1 heterocycles. The molecule has 0 aliphatic heterocycles. The lowest BCUT2D eigenvalue weighted by Gasteiger charge is -2.17. The molecule has 2 rings (SSSR count). The van der Waals surface area contributed by atoms with Crippen molar-refractivity contribution in [1.82, 2.24) is 15.6 Å². The van der Waals surface area contributed by atoms with Crippen molar-refractivity contribution in [3.63, 3.8) is 0 Å². The topological polar surface area (TPSA) is 97.1 Å². The molecule has 2 amide bonds. The Kier molecular flexibility index (Phi) is 9.01. The van der Waals surface area contributed by atoms with Gasteiger partial charge in [0.15, 0.2) is 0 Å². The predicted molar refractivity (Wildman–Crippen MR) is 113 cm³/mol. The molecule has 0 aliphatic rings. The first-order chi connectivity index (χ1) is 13.6. The number of nitrogen functional groups attached to an aromatic ring is 1. The maximum Gasteiger partial charge on any atom is 0.251 e. The monoisotopic (exact) mass is 400 g/mol. The lowest BCUT2D eigenvalue weighted by atomic mass is 9.98. The highest BCUT2D eigenvalue weighted by atomic mass is 35.5. The third-order valence-corrected chi connectivity index (χ3v) is 4.45. The van der Waals surface area contributed by atoms with E-state index in [4.69, 9.17) is 17.3 Å². The zero-order chi connectivity index (χ0) is 20.2. The summed E-state index contributed by atoms with van der Waals surface area (Å²) in [6.45, 7) is 1.07. The number of nitrogens with one attached hydrogen (secondary N) is 2. The van der Waals surface area contributed by atoms with Crippen LogP contribution in [0.15, 0.2) is 48.5 Å². The minimum absolute atomic E-state index is 0.183. The van der Waals surface area contributed by atoms with Crippen LogP contribution in [0.1, 0.15) is 35.2 Å². The minimum atomic E-state index is -0.246. The first-order valence-electron chi connectivity index (χ1n) is 9.18. The first kappa shape index (κ1) is 21.4. The molecule has 1 aromatic heterocycles. The highest BCUT2D eigenvalue weighted by molar-refractivity contribution is 6.29. The molecule has 2 aromatic rings. The fourth-order valence-electron chi connectivity index (χ4n) is 2.80. The first-order valence-corrected chi connectivity index (χ1v) is 9.56. The number of anilines is 1. The van der Waals surface area contributed by atoms with Crippen LogP contribution in [-0.4, -0.2) is 30.4 Å². The fraction of sp³-hybridized carbons (Fsp3) is 0.286. The molecule has 0 aliphatic carbocycles. The van der Waals surface area contributed by atoms with Crippen LogP contribution in [0.5, 0.6) is 0 Å². The zero-order valence-electron chi connectivity index (χ0n) is 15.6. The van der Waals surface area contributed by atoms with Crippen molar-refractivity contribution in [1.29, 1.82) is 0 Å². The number of hydrogen-bond acceptors (Lipinski definition) is 4. The van der Waals surface area contributed by atoms with Crippen LogP contribution >= 0.6 is 11.6 Å². The second-order valence-electron chi connectivity index (χ2n) is 6.43. The number of amides is 2. The van der Waals surface area contributed by atoms with Crippen LogP contribution in [0.25, 0.3) is 6.08 Å². The number of nitrogens with two attached hydrogens (primary N) is 1. The van der Waals surface area contributed by atoms with Crippen LogP contribution in [0.3, 0.4) is 0 Å². The number of nitrogens with zero attached hydrogens (tertiary/aromatic N) is 1. The summed E-state index contributed by atoms with van der Waals surface area (Å²) in [6.07, 6.45) is 7.44. The Morgan fingerprint density at radius 1 is 1.21 bits per heavy atom. The Hall–Kier alpha value is -2.86. The third kappa shape index (κ3) is 7.80. The fourth-order valence-corrected chi connectivity index (χ4v) is 3.01. The number of rotatable bonds is 11. The lowest BCUT2D eigenvalue weighted by Crippen LogP contribution is -2.31. The minimum Gasteiger partial charge on any atom is -0.384 e. The van der Waals surface area contributed by atoms with Crippen LogP contribution in [0.2, 0.25) is 5.15 Å². The summed E-state index contributed by atoms with van der Waals surface area (Å²) in [4.78, 5) is 26.7. The number of hydrogen-bond donors (Lipinski definition) is 3. The lowest BCUT2D eigenvalue weighted by molar-refractivity contribution is -0.109. The van der Waals surface area contributed by atoms with Crippen molar-refractivity contribution in [2.24, 2.45) is 5.92 Å². The standard InChI is InChI=1S/C21H25ClN4O2/c22-19-12-18(13-20(23)26-19)21(28)25-14-17(10-11-24-15-27)9-5-4-8-16-6-2-1-3-7-16/h1-4,6-8,12-13,15,17H,5,9-11,14H2,(H2,23,26)(H,24,27)(H,25,28)/b8-4+.